The number of halogens is 1. The van der Waals surface area contributed by atoms with Gasteiger partial charge < -0.3 is 9.64 Å². The largest absolute Gasteiger partial charge is 0.469 e. The smallest absolute Gasteiger partial charge is 0.310 e. The van der Waals surface area contributed by atoms with E-state index in [4.69, 9.17) is 11.6 Å². The molecule has 1 atom stereocenters. The van der Waals surface area contributed by atoms with Crippen LogP contribution in [0.5, 0.6) is 0 Å². The fraction of sp³-hybridized carbons (Fsp3) is 0.385. The molecule has 0 aromatic heterocycles. The second-order valence-electron chi connectivity index (χ2n) is 4.72. The number of carbonyl (C=O) groups excluding carboxylic acids is 2. The maximum atomic E-state index is 12.3. The van der Waals surface area contributed by atoms with Crippen molar-refractivity contribution >= 4 is 29.2 Å². The van der Waals surface area contributed by atoms with E-state index in [0.29, 0.717) is 13.0 Å². The molecule has 0 saturated carbocycles. The number of likely N-dealkylation sites (tertiary alicyclic amines) is 1. The Morgan fingerprint density at radius 1 is 1.43 bits per heavy atom. The zero-order chi connectivity index (χ0) is 15.6. The Balaban J connectivity index is 2.18. The van der Waals surface area contributed by atoms with Gasteiger partial charge in [0.15, 0.2) is 0 Å². The molecule has 8 heteroatoms. The van der Waals surface area contributed by atoms with E-state index >= 15 is 0 Å². The Bertz CT molecular complexity index is 604. The lowest BCUT2D eigenvalue weighted by Crippen LogP contribution is -2.30. The average Bonchev–Trinajstić information content (AvgIpc) is 2.94. The first-order valence-electron chi connectivity index (χ1n) is 6.24. The zero-order valence-electron chi connectivity index (χ0n) is 11.2. The van der Waals surface area contributed by atoms with Gasteiger partial charge in [0, 0.05) is 35.8 Å². The molecule has 112 valence electrons. The van der Waals surface area contributed by atoms with Crippen LogP contribution >= 0.6 is 11.6 Å². The van der Waals surface area contributed by atoms with Crippen LogP contribution in [-0.4, -0.2) is 41.9 Å². The van der Waals surface area contributed by atoms with Crippen molar-refractivity contribution < 1.29 is 19.2 Å². The van der Waals surface area contributed by atoms with Gasteiger partial charge in [-0.15, -0.1) is 0 Å². The summed E-state index contributed by atoms with van der Waals surface area (Å²) in [5, 5.41) is 10.9. The van der Waals surface area contributed by atoms with Crippen molar-refractivity contribution in [2.45, 2.75) is 6.42 Å². The van der Waals surface area contributed by atoms with E-state index in [1.807, 2.05) is 0 Å². The summed E-state index contributed by atoms with van der Waals surface area (Å²) in [5.41, 5.74) is -0.103. The number of nitrogens with zero attached hydrogens (tertiary/aromatic N) is 2. The highest BCUT2D eigenvalue weighted by molar-refractivity contribution is 6.31. The third-order valence-electron chi connectivity index (χ3n) is 3.35. The standard InChI is InChI=1S/C13H13ClN2O5/c1-21-13(18)8-2-3-15(7-8)12(17)9-4-10(14)6-11(5-9)16(19)20/h4-6,8H,2-3,7H2,1H3. The molecule has 1 unspecified atom stereocenters. The van der Waals surface area contributed by atoms with E-state index in [9.17, 15) is 19.7 Å². The number of hydrogen-bond acceptors (Lipinski definition) is 5. The second-order valence-corrected chi connectivity index (χ2v) is 5.15. The van der Waals surface area contributed by atoms with Crippen LogP contribution in [-0.2, 0) is 9.53 Å². The highest BCUT2D eigenvalue weighted by atomic mass is 35.5. The number of nitro groups is 1. The summed E-state index contributed by atoms with van der Waals surface area (Å²) in [6.45, 7) is 0.644. The molecule has 1 aromatic rings. The van der Waals surface area contributed by atoms with Gasteiger partial charge in [-0.05, 0) is 12.5 Å². The third kappa shape index (κ3) is 3.30. The van der Waals surface area contributed by atoms with E-state index in [0.717, 1.165) is 0 Å². The summed E-state index contributed by atoms with van der Waals surface area (Å²) in [6, 6.07) is 3.74. The normalized spacial score (nSPS) is 17.6. The predicted octanol–water partition coefficient (Wildman–Crippen LogP) is 1.88. The SMILES string of the molecule is COC(=O)C1CCN(C(=O)c2cc(Cl)cc([N+](=O)[O-])c2)C1. The van der Waals surface area contributed by atoms with Crippen LogP contribution in [0.15, 0.2) is 18.2 Å². The third-order valence-corrected chi connectivity index (χ3v) is 3.57. The highest BCUT2D eigenvalue weighted by Gasteiger charge is 2.32. The lowest BCUT2D eigenvalue weighted by atomic mass is 10.1. The molecule has 0 aliphatic carbocycles. The minimum atomic E-state index is -0.607. The molecular weight excluding hydrogens is 300 g/mol. The van der Waals surface area contributed by atoms with Crippen molar-refractivity contribution in [2.24, 2.45) is 5.92 Å². The first kappa shape index (κ1) is 15.2. The number of hydrogen-bond donors (Lipinski definition) is 0. The topological polar surface area (TPSA) is 89.8 Å². The van der Waals surface area contributed by atoms with Gasteiger partial charge in [-0.2, -0.15) is 0 Å². The van der Waals surface area contributed by atoms with Gasteiger partial charge in [0.05, 0.1) is 18.0 Å². The highest BCUT2D eigenvalue weighted by Crippen LogP contribution is 2.24. The van der Waals surface area contributed by atoms with Gasteiger partial charge in [0.25, 0.3) is 11.6 Å². The molecular formula is C13H13ClN2O5. The molecule has 1 aliphatic heterocycles. The van der Waals surface area contributed by atoms with Crippen LogP contribution in [0.2, 0.25) is 5.02 Å². The number of benzene rings is 1. The Labute approximate surface area is 125 Å². The maximum absolute atomic E-state index is 12.3. The average molecular weight is 313 g/mol. The summed E-state index contributed by atoms with van der Waals surface area (Å²) in [6.07, 6.45) is 0.515. The van der Waals surface area contributed by atoms with Gasteiger partial charge in [-0.3, -0.25) is 19.7 Å². The summed E-state index contributed by atoms with van der Waals surface area (Å²) in [7, 11) is 1.30. The number of nitro benzene ring substituents is 1. The molecule has 7 nitrogen and oxygen atoms in total. The van der Waals surface area contributed by atoms with Gasteiger partial charge in [-0.1, -0.05) is 11.6 Å². The zero-order valence-corrected chi connectivity index (χ0v) is 12.0. The van der Waals surface area contributed by atoms with Gasteiger partial charge in [-0.25, -0.2) is 0 Å². The van der Waals surface area contributed by atoms with Crippen molar-refractivity contribution in [3.8, 4) is 0 Å². The molecule has 1 fully saturated rings. The van der Waals surface area contributed by atoms with Crippen molar-refractivity contribution in [1.29, 1.82) is 0 Å². The lowest BCUT2D eigenvalue weighted by Gasteiger charge is -2.16. The molecule has 1 aliphatic rings. The molecule has 1 aromatic carbocycles. The Morgan fingerprint density at radius 2 is 2.14 bits per heavy atom. The van der Waals surface area contributed by atoms with Crippen molar-refractivity contribution in [2.75, 3.05) is 20.2 Å². The Kier molecular flexibility index (Phi) is 4.42. The minimum absolute atomic E-state index is 0.122. The van der Waals surface area contributed by atoms with Crippen LogP contribution in [0.4, 0.5) is 5.69 Å². The molecule has 21 heavy (non-hydrogen) atoms. The number of rotatable bonds is 3. The lowest BCUT2D eigenvalue weighted by molar-refractivity contribution is -0.384. The predicted molar refractivity (Wildman–Crippen MR) is 74.1 cm³/mol. The molecule has 0 radical (unpaired) electrons. The number of carbonyl (C=O) groups is 2. The quantitative estimate of drug-likeness (QED) is 0.483. The summed E-state index contributed by atoms with van der Waals surface area (Å²) >= 11 is 5.80. The fourth-order valence-electron chi connectivity index (χ4n) is 2.29. The number of non-ortho nitro benzene ring substituents is 1. The second kappa shape index (κ2) is 6.09. The van der Waals surface area contributed by atoms with Crippen LogP contribution < -0.4 is 0 Å². The molecule has 0 N–H and O–H groups in total. The van der Waals surface area contributed by atoms with E-state index in [1.54, 1.807) is 0 Å². The minimum Gasteiger partial charge on any atom is -0.469 e. The van der Waals surface area contributed by atoms with Crippen molar-refractivity contribution in [3.05, 3.63) is 38.9 Å². The Morgan fingerprint density at radius 3 is 2.76 bits per heavy atom. The first-order valence-corrected chi connectivity index (χ1v) is 6.62. The molecule has 1 amide bonds. The van der Waals surface area contributed by atoms with Crippen LogP contribution in [0.1, 0.15) is 16.8 Å². The van der Waals surface area contributed by atoms with Gasteiger partial charge >= 0.3 is 5.97 Å². The van der Waals surface area contributed by atoms with Crippen LogP contribution in [0.25, 0.3) is 0 Å². The summed E-state index contributed by atoms with van der Waals surface area (Å²) in [4.78, 5) is 35.4. The van der Waals surface area contributed by atoms with Crippen molar-refractivity contribution in [1.82, 2.24) is 4.90 Å². The van der Waals surface area contributed by atoms with Crippen molar-refractivity contribution in [3.63, 3.8) is 0 Å². The van der Waals surface area contributed by atoms with Gasteiger partial charge in [0.2, 0.25) is 0 Å². The van der Waals surface area contributed by atoms with E-state index in [1.165, 1.54) is 30.2 Å². The molecule has 0 spiro atoms. The van der Waals surface area contributed by atoms with Crippen LogP contribution in [0, 0.1) is 16.0 Å². The van der Waals surface area contributed by atoms with E-state index in [-0.39, 0.29) is 40.6 Å². The maximum Gasteiger partial charge on any atom is 0.310 e. The molecule has 1 heterocycles. The summed E-state index contributed by atoms with van der Waals surface area (Å²) in [5.74, 6) is -1.09. The van der Waals surface area contributed by atoms with E-state index in [2.05, 4.69) is 4.74 Å². The number of ether oxygens (including phenoxy) is 1. The van der Waals surface area contributed by atoms with Crippen LogP contribution in [0.3, 0.4) is 0 Å². The summed E-state index contributed by atoms with van der Waals surface area (Å²) < 4.78 is 4.65. The molecule has 0 bridgehead atoms. The number of esters is 1. The van der Waals surface area contributed by atoms with Gasteiger partial charge in [0.1, 0.15) is 0 Å². The van der Waals surface area contributed by atoms with E-state index < -0.39 is 4.92 Å². The fourth-order valence-corrected chi connectivity index (χ4v) is 2.52. The number of amides is 1. The first-order chi connectivity index (χ1) is 9.92. The molecule has 1 saturated heterocycles. The number of methoxy groups -OCH3 is 1. The monoisotopic (exact) mass is 312 g/mol. The molecule has 2 rings (SSSR count). The Hall–Kier alpha value is -2.15.